The Morgan fingerprint density at radius 1 is 1.33 bits per heavy atom. The Kier molecular flexibility index (Phi) is 4.51. The van der Waals surface area contributed by atoms with Crippen LogP contribution in [0.4, 0.5) is 0 Å². The molecular weight excluding hydrogens is 255 g/mol. The van der Waals surface area contributed by atoms with E-state index in [0.29, 0.717) is 5.75 Å². The fraction of sp³-hybridized carbons (Fsp3) is 0.364. The highest BCUT2D eigenvalue weighted by Crippen LogP contribution is 2.37. The summed E-state index contributed by atoms with van der Waals surface area (Å²) in [6, 6.07) is 8.47. The number of nitrogens with two attached hydrogens (primary N) is 1. The van der Waals surface area contributed by atoms with Gasteiger partial charge in [-0.3, -0.25) is 4.79 Å². The maximum Gasteiger partial charge on any atom is 0.388 e. The SMILES string of the molecule is COC(=O)C(C)(C)NP(N)(=O)Oc1ccccc1. The summed E-state index contributed by atoms with van der Waals surface area (Å²) in [6.07, 6.45) is 0. The predicted molar refractivity (Wildman–Crippen MR) is 68.1 cm³/mol. The van der Waals surface area contributed by atoms with Gasteiger partial charge in [-0.15, -0.1) is 0 Å². The summed E-state index contributed by atoms with van der Waals surface area (Å²) in [5, 5.41) is 2.47. The molecule has 100 valence electrons. The summed E-state index contributed by atoms with van der Waals surface area (Å²) in [5.41, 5.74) is 4.34. The molecule has 18 heavy (non-hydrogen) atoms. The van der Waals surface area contributed by atoms with Gasteiger partial charge in [-0.1, -0.05) is 18.2 Å². The number of hydrogen-bond donors (Lipinski definition) is 2. The molecule has 0 aliphatic carbocycles. The molecule has 0 aliphatic rings. The van der Waals surface area contributed by atoms with Gasteiger partial charge in [0.05, 0.1) is 7.11 Å². The second-order valence-corrected chi connectivity index (χ2v) is 5.83. The van der Waals surface area contributed by atoms with Crippen molar-refractivity contribution in [2.75, 3.05) is 7.11 Å². The van der Waals surface area contributed by atoms with Crippen LogP contribution in [0.15, 0.2) is 30.3 Å². The van der Waals surface area contributed by atoms with Gasteiger partial charge in [0.1, 0.15) is 11.3 Å². The van der Waals surface area contributed by atoms with Crippen molar-refractivity contribution in [3.63, 3.8) is 0 Å². The first kappa shape index (κ1) is 14.7. The summed E-state index contributed by atoms with van der Waals surface area (Å²) in [6.45, 7) is 3.01. The zero-order valence-corrected chi connectivity index (χ0v) is 11.4. The van der Waals surface area contributed by atoms with E-state index in [1.807, 2.05) is 0 Å². The number of esters is 1. The Bertz CT molecular complexity index is 461. The molecule has 0 heterocycles. The minimum Gasteiger partial charge on any atom is -0.468 e. The lowest BCUT2D eigenvalue weighted by molar-refractivity contribution is -0.146. The topological polar surface area (TPSA) is 90.6 Å². The van der Waals surface area contributed by atoms with E-state index in [0.717, 1.165) is 0 Å². The van der Waals surface area contributed by atoms with E-state index in [4.69, 9.17) is 10.0 Å². The summed E-state index contributed by atoms with van der Waals surface area (Å²) < 4.78 is 21.8. The maximum absolute atomic E-state index is 12.1. The summed E-state index contributed by atoms with van der Waals surface area (Å²) >= 11 is 0. The smallest absolute Gasteiger partial charge is 0.388 e. The average Bonchev–Trinajstić information content (AvgIpc) is 2.27. The molecule has 1 unspecified atom stereocenters. The van der Waals surface area contributed by atoms with Crippen molar-refractivity contribution in [3.05, 3.63) is 30.3 Å². The molecule has 7 heteroatoms. The Morgan fingerprint density at radius 3 is 2.39 bits per heavy atom. The van der Waals surface area contributed by atoms with Crippen LogP contribution in [0.25, 0.3) is 0 Å². The van der Waals surface area contributed by atoms with Crippen molar-refractivity contribution in [1.29, 1.82) is 0 Å². The molecule has 0 aliphatic heterocycles. The molecule has 1 rings (SSSR count). The normalized spacial score (nSPS) is 14.7. The van der Waals surface area contributed by atoms with Crippen LogP contribution in [0.1, 0.15) is 13.8 Å². The number of carbonyl (C=O) groups excluding carboxylic acids is 1. The largest absolute Gasteiger partial charge is 0.468 e. The molecule has 0 amide bonds. The van der Waals surface area contributed by atoms with E-state index in [1.54, 1.807) is 30.3 Å². The van der Waals surface area contributed by atoms with Crippen molar-refractivity contribution >= 4 is 13.6 Å². The average molecular weight is 272 g/mol. The van der Waals surface area contributed by atoms with Gasteiger partial charge in [-0.25, -0.2) is 15.2 Å². The zero-order chi connectivity index (χ0) is 13.8. The Morgan fingerprint density at radius 2 is 1.89 bits per heavy atom. The first-order valence-corrected chi connectivity index (χ1v) is 6.97. The van der Waals surface area contributed by atoms with Crippen LogP contribution in [-0.4, -0.2) is 18.6 Å². The third-order valence-electron chi connectivity index (χ3n) is 2.12. The van der Waals surface area contributed by atoms with Gasteiger partial charge in [-0.05, 0) is 26.0 Å². The van der Waals surface area contributed by atoms with Crippen molar-refractivity contribution in [2.24, 2.45) is 5.50 Å². The molecule has 0 fully saturated rings. The number of hydrogen-bond acceptors (Lipinski definition) is 4. The number of methoxy groups -OCH3 is 1. The van der Waals surface area contributed by atoms with Crippen LogP contribution in [0.2, 0.25) is 0 Å². The maximum atomic E-state index is 12.1. The fourth-order valence-corrected chi connectivity index (χ4v) is 2.70. The van der Waals surface area contributed by atoms with E-state index in [-0.39, 0.29) is 0 Å². The number of ether oxygens (including phenoxy) is 1. The molecule has 1 aromatic rings. The van der Waals surface area contributed by atoms with E-state index in [2.05, 4.69) is 9.82 Å². The van der Waals surface area contributed by atoms with Crippen LogP contribution in [0, 0.1) is 0 Å². The highest BCUT2D eigenvalue weighted by molar-refractivity contribution is 7.54. The van der Waals surface area contributed by atoms with Gasteiger partial charge in [0, 0.05) is 0 Å². The minimum atomic E-state index is -3.65. The number of nitrogens with one attached hydrogen (secondary N) is 1. The monoisotopic (exact) mass is 272 g/mol. The van der Waals surface area contributed by atoms with Crippen LogP contribution < -0.4 is 15.1 Å². The van der Waals surface area contributed by atoms with E-state index in [9.17, 15) is 9.36 Å². The van der Waals surface area contributed by atoms with Crippen LogP contribution >= 0.6 is 7.67 Å². The van der Waals surface area contributed by atoms with Crippen LogP contribution in [0.5, 0.6) is 5.75 Å². The van der Waals surface area contributed by atoms with E-state index in [1.165, 1.54) is 21.0 Å². The lowest BCUT2D eigenvalue weighted by Crippen LogP contribution is -2.47. The Hall–Kier alpha value is -1.36. The molecule has 0 aromatic heterocycles. The van der Waals surface area contributed by atoms with Gasteiger partial charge >= 0.3 is 13.6 Å². The molecule has 0 saturated carbocycles. The quantitative estimate of drug-likeness (QED) is 0.626. The molecule has 0 bridgehead atoms. The standard InChI is InChI=1S/C11H17N2O4P/c1-11(2,10(14)16-3)13-18(12,15)17-9-7-5-4-6-8-9/h4-8H,1-3H3,(H3,12,13,15). The number of benzene rings is 1. The molecule has 0 radical (unpaired) electrons. The molecular formula is C11H17N2O4P. The highest BCUT2D eigenvalue weighted by Gasteiger charge is 2.36. The van der Waals surface area contributed by atoms with Gasteiger partial charge in [-0.2, -0.15) is 0 Å². The minimum absolute atomic E-state index is 0.358. The lowest BCUT2D eigenvalue weighted by Gasteiger charge is -2.26. The van der Waals surface area contributed by atoms with Gasteiger partial charge in [0.15, 0.2) is 0 Å². The van der Waals surface area contributed by atoms with Crippen molar-refractivity contribution in [2.45, 2.75) is 19.4 Å². The second-order valence-electron chi connectivity index (χ2n) is 4.23. The lowest BCUT2D eigenvalue weighted by atomic mass is 10.1. The molecule has 3 N–H and O–H groups in total. The molecule has 1 aromatic carbocycles. The van der Waals surface area contributed by atoms with Crippen LogP contribution in [0.3, 0.4) is 0 Å². The van der Waals surface area contributed by atoms with E-state index >= 15 is 0 Å². The molecule has 0 saturated heterocycles. The first-order valence-electron chi connectivity index (χ1n) is 5.28. The number of rotatable bonds is 5. The third-order valence-corrected chi connectivity index (χ3v) is 3.47. The Labute approximate surface area is 106 Å². The van der Waals surface area contributed by atoms with Crippen molar-refractivity contribution in [1.82, 2.24) is 5.09 Å². The van der Waals surface area contributed by atoms with Gasteiger partial charge in [0.2, 0.25) is 0 Å². The zero-order valence-electron chi connectivity index (χ0n) is 10.5. The van der Waals surface area contributed by atoms with Gasteiger partial charge in [0.25, 0.3) is 0 Å². The van der Waals surface area contributed by atoms with Crippen molar-refractivity contribution < 1.29 is 18.6 Å². The summed E-state index contributed by atoms with van der Waals surface area (Å²) in [5.74, 6) is -0.221. The second kappa shape index (κ2) is 5.52. The first-order chi connectivity index (χ1) is 8.27. The van der Waals surface area contributed by atoms with Crippen molar-refractivity contribution in [3.8, 4) is 5.75 Å². The number of para-hydroxylation sites is 1. The summed E-state index contributed by atoms with van der Waals surface area (Å²) in [4.78, 5) is 11.4. The molecule has 1 atom stereocenters. The highest BCUT2D eigenvalue weighted by atomic mass is 31.2. The molecule has 0 spiro atoms. The van der Waals surface area contributed by atoms with Crippen LogP contribution in [-0.2, 0) is 14.1 Å². The van der Waals surface area contributed by atoms with E-state index < -0.39 is 19.2 Å². The molecule has 6 nitrogen and oxygen atoms in total. The number of carbonyl (C=O) groups is 1. The fourth-order valence-electron chi connectivity index (χ4n) is 1.35. The Balaban J connectivity index is 2.77. The summed E-state index contributed by atoms with van der Waals surface area (Å²) in [7, 11) is -2.41. The predicted octanol–water partition coefficient (Wildman–Crippen LogP) is 1.67. The third kappa shape index (κ3) is 4.14. The van der Waals surface area contributed by atoms with Gasteiger partial charge < -0.3 is 9.26 Å².